The second-order valence-corrected chi connectivity index (χ2v) is 4.49. The van der Waals surface area contributed by atoms with Gasteiger partial charge in [0, 0.05) is 6.54 Å². The predicted molar refractivity (Wildman–Crippen MR) is 53.1 cm³/mol. The van der Waals surface area contributed by atoms with E-state index >= 15 is 0 Å². The highest BCUT2D eigenvalue weighted by Crippen LogP contribution is 2.36. The second-order valence-electron chi connectivity index (χ2n) is 4.49. The van der Waals surface area contributed by atoms with Gasteiger partial charge >= 0.3 is 0 Å². The van der Waals surface area contributed by atoms with Crippen molar-refractivity contribution < 1.29 is 4.79 Å². The van der Waals surface area contributed by atoms with Crippen LogP contribution in [0.3, 0.4) is 0 Å². The summed E-state index contributed by atoms with van der Waals surface area (Å²) in [6.07, 6.45) is 1.25. The topological polar surface area (TPSA) is 55.1 Å². The summed E-state index contributed by atoms with van der Waals surface area (Å²) in [6.45, 7) is 6.94. The minimum absolute atomic E-state index is 0.00546. The number of carbonyl (C=O) groups excluding carboxylic acids is 1. The molecule has 0 aromatic rings. The van der Waals surface area contributed by atoms with Crippen LogP contribution in [-0.2, 0) is 4.79 Å². The Morgan fingerprint density at radius 2 is 2.15 bits per heavy atom. The van der Waals surface area contributed by atoms with E-state index in [2.05, 4.69) is 12.2 Å². The van der Waals surface area contributed by atoms with Crippen LogP contribution >= 0.6 is 0 Å². The first-order chi connectivity index (χ1) is 6.02. The first-order valence-corrected chi connectivity index (χ1v) is 5.05. The molecule has 2 unspecified atom stereocenters. The summed E-state index contributed by atoms with van der Waals surface area (Å²) < 4.78 is 0. The Hall–Kier alpha value is -0.570. The molecule has 1 rings (SSSR count). The van der Waals surface area contributed by atoms with E-state index in [1.807, 2.05) is 13.8 Å². The second kappa shape index (κ2) is 4.09. The van der Waals surface area contributed by atoms with Crippen molar-refractivity contribution in [1.82, 2.24) is 5.32 Å². The summed E-state index contributed by atoms with van der Waals surface area (Å²) in [4.78, 5) is 11.4. The molecule has 0 aliphatic heterocycles. The highest BCUT2D eigenvalue weighted by atomic mass is 16.2. The Balaban J connectivity index is 2.17. The van der Waals surface area contributed by atoms with Crippen LogP contribution in [-0.4, -0.2) is 18.5 Å². The number of carbonyl (C=O) groups is 1. The maximum atomic E-state index is 11.4. The summed E-state index contributed by atoms with van der Waals surface area (Å²) in [6, 6.07) is -0.353. The molecule has 0 spiro atoms. The molecule has 1 saturated carbocycles. The maximum absolute atomic E-state index is 11.4. The van der Waals surface area contributed by atoms with E-state index in [9.17, 15) is 4.79 Å². The average molecular weight is 184 g/mol. The number of hydrogen-bond acceptors (Lipinski definition) is 2. The third-order valence-electron chi connectivity index (χ3n) is 2.84. The van der Waals surface area contributed by atoms with Gasteiger partial charge in [-0.25, -0.2) is 0 Å². The molecule has 3 nitrogen and oxygen atoms in total. The molecule has 3 N–H and O–H groups in total. The minimum atomic E-state index is -0.353. The van der Waals surface area contributed by atoms with Gasteiger partial charge in [0.2, 0.25) is 5.91 Å². The Bertz CT molecular complexity index is 191. The van der Waals surface area contributed by atoms with Gasteiger partial charge in [-0.3, -0.25) is 4.79 Å². The van der Waals surface area contributed by atoms with E-state index in [4.69, 9.17) is 5.73 Å². The minimum Gasteiger partial charge on any atom is -0.354 e. The lowest BCUT2D eigenvalue weighted by atomic mass is 10.1. The van der Waals surface area contributed by atoms with Crippen molar-refractivity contribution in [3.05, 3.63) is 0 Å². The Morgan fingerprint density at radius 3 is 2.54 bits per heavy atom. The molecule has 1 fully saturated rings. The molecule has 0 aromatic carbocycles. The Morgan fingerprint density at radius 1 is 1.62 bits per heavy atom. The number of hydrogen-bond donors (Lipinski definition) is 2. The van der Waals surface area contributed by atoms with Crippen LogP contribution in [0.4, 0.5) is 0 Å². The molecule has 13 heavy (non-hydrogen) atoms. The Labute approximate surface area is 80.1 Å². The fraction of sp³-hybridized carbons (Fsp3) is 0.900. The number of nitrogens with two attached hydrogens (primary N) is 1. The number of nitrogens with one attached hydrogen (secondary N) is 1. The van der Waals surface area contributed by atoms with Crippen LogP contribution in [0, 0.1) is 17.8 Å². The van der Waals surface area contributed by atoms with Crippen LogP contribution in [0.2, 0.25) is 0 Å². The molecule has 76 valence electrons. The van der Waals surface area contributed by atoms with Crippen molar-refractivity contribution in [3.8, 4) is 0 Å². The first-order valence-electron chi connectivity index (χ1n) is 5.05. The smallest absolute Gasteiger partial charge is 0.237 e. The lowest BCUT2D eigenvalue weighted by molar-refractivity contribution is -0.123. The lowest BCUT2D eigenvalue weighted by Crippen LogP contribution is -2.44. The van der Waals surface area contributed by atoms with E-state index in [1.165, 1.54) is 6.42 Å². The van der Waals surface area contributed by atoms with Gasteiger partial charge in [0.15, 0.2) is 0 Å². The van der Waals surface area contributed by atoms with Crippen LogP contribution in [0.5, 0.6) is 0 Å². The van der Waals surface area contributed by atoms with Crippen LogP contribution in [0.25, 0.3) is 0 Å². The number of amides is 1. The fourth-order valence-corrected chi connectivity index (χ4v) is 1.34. The van der Waals surface area contributed by atoms with E-state index in [-0.39, 0.29) is 17.9 Å². The Kier molecular flexibility index (Phi) is 3.31. The van der Waals surface area contributed by atoms with Gasteiger partial charge in [-0.1, -0.05) is 20.8 Å². The van der Waals surface area contributed by atoms with Gasteiger partial charge in [-0.15, -0.1) is 0 Å². The third kappa shape index (κ3) is 2.99. The van der Waals surface area contributed by atoms with Crippen molar-refractivity contribution in [3.63, 3.8) is 0 Å². The first kappa shape index (κ1) is 10.5. The monoisotopic (exact) mass is 184 g/mol. The normalized spacial score (nSPS) is 28.7. The summed E-state index contributed by atoms with van der Waals surface area (Å²) in [7, 11) is 0. The van der Waals surface area contributed by atoms with Crippen molar-refractivity contribution in [2.24, 2.45) is 23.5 Å². The zero-order valence-electron chi connectivity index (χ0n) is 8.71. The van der Waals surface area contributed by atoms with E-state index in [0.717, 1.165) is 12.5 Å². The van der Waals surface area contributed by atoms with Crippen molar-refractivity contribution in [1.29, 1.82) is 0 Å². The number of rotatable bonds is 4. The predicted octanol–water partition coefficient (Wildman–Crippen LogP) is 0.742. The van der Waals surface area contributed by atoms with Crippen molar-refractivity contribution in [2.45, 2.75) is 33.2 Å². The van der Waals surface area contributed by atoms with Gasteiger partial charge in [-0.2, -0.15) is 0 Å². The molecule has 0 bridgehead atoms. The van der Waals surface area contributed by atoms with Gasteiger partial charge in [0.05, 0.1) is 6.04 Å². The summed E-state index contributed by atoms with van der Waals surface area (Å²) >= 11 is 0. The standard InChI is InChI=1S/C10H20N2O/c1-6(2)9(11)10(13)12-5-8-4-7(8)3/h6-9H,4-5,11H2,1-3H3,(H,12,13)/t7?,8?,9-/m0/s1. The molecule has 1 aliphatic rings. The SMILES string of the molecule is CC1CC1CNC(=O)[C@@H](N)C(C)C. The van der Waals surface area contributed by atoms with Crippen molar-refractivity contribution >= 4 is 5.91 Å². The third-order valence-corrected chi connectivity index (χ3v) is 2.84. The quantitative estimate of drug-likeness (QED) is 0.677. The van der Waals surface area contributed by atoms with Gasteiger partial charge in [0.25, 0.3) is 0 Å². The molecule has 0 heterocycles. The fourth-order valence-electron chi connectivity index (χ4n) is 1.34. The maximum Gasteiger partial charge on any atom is 0.237 e. The summed E-state index contributed by atoms with van der Waals surface area (Å²) in [5.74, 6) is 1.70. The molecule has 0 saturated heterocycles. The molecule has 3 atom stereocenters. The zero-order valence-corrected chi connectivity index (χ0v) is 8.71. The molecule has 3 heteroatoms. The molecular weight excluding hydrogens is 164 g/mol. The van der Waals surface area contributed by atoms with E-state index in [0.29, 0.717) is 5.92 Å². The summed E-state index contributed by atoms with van der Waals surface area (Å²) in [5.41, 5.74) is 5.69. The zero-order chi connectivity index (χ0) is 10.0. The van der Waals surface area contributed by atoms with Gasteiger partial charge < -0.3 is 11.1 Å². The van der Waals surface area contributed by atoms with Crippen molar-refractivity contribution in [2.75, 3.05) is 6.54 Å². The van der Waals surface area contributed by atoms with Gasteiger partial charge in [-0.05, 0) is 24.2 Å². The highest BCUT2D eigenvalue weighted by molar-refractivity contribution is 5.81. The molecule has 0 radical (unpaired) electrons. The highest BCUT2D eigenvalue weighted by Gasteiger charge is 2.32. The van der Waals surface area contributed by atoms with E-state index in [1.54, 1.807) is 0 Å². The van der Waals surface area contributed by atoms with Crippen LogP contribution in [0.1, 0.15) is 27.2 Å². The average Bonchev–Trinajstić information content (AvgIpc) is 2.76. The lowest BCUT2D eigenvalue weighted by Gasteiger charge is -2.14. The molecule has 0 aromatic heterocycles. The largest absolute Gasteiger partial charge is 0.354 e. The van der Waals surface area contributed by atoms with Gasteiger partial charge in [0.1, 0.15) is 0 Å². The van der Waals surface area contributed by atoms with Crippen LogP contribution < -0.4 is 11.1 Å². The van der Waals surface area contributed by atoms with Crippen LogP contribution in [0.15, 0.2) is 0 Å². The van der Waals surface area contributed by atoms with E-state index < -0.39 is 0 Å². The summed E-state index contributed by atoms with van der Waals surface area (Å²) in [5, 5.41) is 2.89. The molecular formula is C10H20N2O. The molecule has 1 amide bonds. The molecule has 1 aliphatic carbocycles.